The van der Waals surface area contributed by atoms with Crippen LogP contribution in [0.3, 0.4) is 0 Å². The first-order valence-electron chi connectivity index (χ1n) is 7.11. The van der Waals surface area contributed by atoms with Crippen molar-refractivity contribution in [2.75, 3.05) is 12.4 Å². The third-order valence-corrected chi connectivity index (χ3v) is 3.46. The SMILES string of the molecule is COC(=O)c1ccccc1NC(=O)C(=O)C=C(O)c1ccc(Cl)cc1. The highest BCUT2D eigenvalue weighted by molar-refractivity contribution is 6.45. The lowest BCUT2D eigenvalue weighted by Crippen LogP contribution is -2.22. The van der Waals surface area contributed by atoms with E-state index in [0.29, 0.717) is 10.6 Å². The van der Waals surface area contributed by atoms with Gasteiger partial charge in [-0.15, -0.1) is 0 Å². The number of esters is 1. The molecular formula is C18H14ClNO5. The summed E-state index contributed by atoms with van der Waals surface area (Å²) in [5.74, 6) is -3.01. The summed E-state index contributed by atoms with van der Waals surface area (Å²) in [5.41, 5.74) is 0.574. The Morgan fingerprint density at radius 1 is 1.08 bits per heavy atom. The Bertz CT molecular complexity index is 843. The minimum Gasteiger partial charge on any atom is -0.507 e. The molecule has 0 radical (unpaired) electrons. The van der Waals surface area contributed by atoms with E-state index in [1.165, 1.54) is 43.5 Å². The minimum absolute atomic E-state index is 0.108. The van der Waals surface area contributed by atoms with E-state index in [2.05, 4.69) is 10.1 Å². The number of para-hydroxylation sites is 1. The fraction of sp³-hybridized carbons (Fsp3) is 0.0556. The molecule has 1 amide bonds. The van der Waals surface area contributed by atoms with Crippen LogP contribution in [-0.4, -0.2) is 29.9 Å². The van der Waals surface area contributed by atoms with E-state index in [1.807, 2.05) is 0 Å². The first-order chi connectivity index (χ1) is 11.9. The number of hydrogen-bond donors (Lipinski definition) is 2. The third-order valence-electron chi connectivity index (χ3n) is 3.21. The Kier molecular flexibility index (Phi) is 5.92. The molecule has 6 nitrogen and oxygen atoms in total. The molecule has 2 aromatic rings. The largest absolute Gasteiger partial charge is 0.507 e. The molecule has 0 saturated heterocycles. The molecule has 0 heterocycles. The second-order valence-electron chi connectivity index (χ2n) is 4.89. The molecule has 0 saturated carbocycles. The van der Waals surface area contributed by atoms with E-state index in [0.717, 1.165) is 6.08 Å². The average Bonchev–Trinajstić information content (AvgIpc) is 2.61. The molecule has 2 aromatic carbocycles. The van der Waals surface area contributed by atoms with Gasteiger partial charge in [0.25, 0.3) is 5.91 Å². The fourth-order valence-electron chi connectivity index (χ4n) is 1.96. The molecule has 2 rings (SSSR count). The number of methoxy groups -OCH3 is 1. The number of carbonyl (C=O) groups excluding carboxylic acids is 3. The van der Waals surface area contributed by atoms with Gasteiger partial charge in [0.05, 0.1) is 18.4 Å². The highest BCUT2D eigenvalue weighted by Crippen LogP contribution is 2.17. The highest BCUT2D eigenvalue weighted by atomic mass is 35.5. The number of amides is 1. The lowest BCUT2D eigenvalue weighted by molar-refractivity contribution is -0.131. The second kappa shape index (κ2) is 8.12. The molecular weight excluding hydrogens is 346 g/mol. The summed E-state index contributed by atoms with van der Waals surface area (Å²) in [5, 5.41) is 12.7. The molecule has 128 valence electrons. The number of anilines is 1. The number of halogens is 1. The van der Waals surface area contributed by atoms with E-state index in [9.17, 15) is 19.5 Å². The van der Waals surface area contributed by atoms with Gasteiger partial charge >= 0.3 is 5.97 Å². The second-order valence-corrected chi connectivity index (χ2v) is 5.33. The Labute approximate surface area is 148 Å². The van der Waals surface area contributed by atoms with E-state index < -0.39 is 17.7 Å². The molecule has 0 spiro atoms. The highest BCUT2D eigenvalue weighted by Gasteiger charge is 2.17. The van der Waals surface area contributed by atoms with Gasteiger partial charge in [-0.05, 0) is 36.4 Å². The van der Waals surface area contributed by atoms with E-state index in [4.69, 9.17) is 11.6 Å². The standard InChI is InChI=1S/C18H14ClNO5/c1-25-18(24)13-4-2-3-5-14(13)20-17(23)16(22)10-15(21)11-6-8-12(19)9-7-11/h2-10,21H,1H3,(H,20,23). The maximum absolute atomic E-state index is 12.0. The predicted octanol–water partition coefficient (Wildman–Crippen LogP) is 3.23. The van der Waals surface area contributed by atoms with Crippen molar-refractivity contribution in [2.45, 2.75) is 0 Å². The molecule has 0 aliphatic carbocycles. The Hall–Kier alpha value is -3.12. The van der Waals surface area contributed by atoms with Crippen LogP contribution in [0.2, 0.25) is 5.02 Å². The number of carbonyl (C=O) groups is 3. The average molecular weight is 360 g/mol. The van der Waals surface area contributed by atoms with Crippen LogP contribution in [0.5, 0.6) is 0 Å². The van der Waals surface area contributed by atoms with Crippen molar-refractivity contribution in [3.8, 4) is 0 Å². The van der Waals surface area contributed by atoms with Crippen LogP contribution < -0.4 is 5.32 Å². The first-order valence-corrected chi connectivity index (χ1v) is 7.49. The van der Waals surface area contributed by atoms with Crippen LogP contribution >= 0.6 is 11.6 Å². The van der Waals surface area contributed by atoms with Crippen LogP contribution in [0.15, 0.2) is 54.6 Å². The van der Waals surface area contributed by atoms with E-state index >= 15 is 0 Å². The fourth-order valence-corrected chi connectivity index (χ4v) is 2.08. The van der Waals surface area contributed by atoms with Crippen molar-refractivity contribution in [3.05, 3.63) is 70.8 Å². The maximum Gasteiger partial charge on any atom is 0.339 e. The summed E-state index contributed by atoms with van der Waals surface area (Å²) in [6.07, 6.45) is 0.791. The van der Waals surface area contributed by atoms with E-state index in [-0.39, 0.29) is 17.0 Å². The van der Waals surface area contributed by atoms with Gasteiger partial charge in [-0.25, -0.2) is 4.79 Å². The van der Waals surface area contributed by atoms with Crippen LogP contribution in [0.4, 0.5) is 5.69 Å². The Balaban J connectivity index is 2.16. The summed E-state index contributed by atoms with van der Waals surface area (Å²) < 4.78 is 4.61. The summed E-state index contributed by atoms with van der Waals surface area (Å²) >= 11 is 5.75. The molecule has 0 unspecified atom stereocenters. The molecule has 0 atom stereocenters. The number of ether oxygens (including phenoxy) is 1. The molecule has 0 bridgehead atoms. The summed E-state index contributed by atoms with van der Waals surface area (Å²) in [7, 11) is 1.21. The van der Waals surface area contributed by atoms with Crippen molar-refractivity contribution in [1.29, 1.82) is 0 Å². The normalized spacial score (nSPS) is 10.9. The zero-order chi connectivity index (χ0) is 18.4. The number of benzene rings is 2. The molecule has 0 fully saturated rings. The van der Waals surface area contributed by atoms with Crippen molar-refractivity contribution in [3.63, 3.8) is 0 Å². The Morgan fingerprint density at radius 3 is 2.36 bits per heavy atom. The van der Waals surface area contributed by atoms with Crippen LogP contribution in [0.25, 0.3) is 5.76 Å². The Morgan fingerprint density at radius 2 is 1.72 bits per heavy atom. The van der Waals surface area contributed by atoms with Gasteiger partial charge in [0.15, 0.2) is 0 Å². The molecule has 0 aromatic heterocycles. The molecule has 2 N–H and O–H groups in total. The topological polar surface area (TPSA) is 92.7 Å². The van der Waals surface area contributed by atoms with Crippen molar-refractivity contribution in [1.82, 2.24) is 0 Å². The number of aliphatic hydroxyl groups excluding tert-OH is 1. The molecule has 25 heavy (non-hydrogen) atoms. The summed E-state index contributed by atoms with van der Waals surface area (Å²) in [6, 6.07) is 12.2. The summed E-state index contributed by atoms with van der Waals surface area (Å²) in [6.45, 7) is 0. The van der Waals surface area contributed by atoms with Crippen molar-refractivity contribution >= 4 is 40.7 Å². The van der Waals surface area contributed by atoms with Crippen molar-refractivity contribution in [2.24, 2.45) is 0 Å². The first kappa shape index (κ1) is 18.2. The van der Waals surface area contributed by atoms with Gasteiger partial charge in [-0.3, -0.25) is 9.59 Å². The quantitative estimate of drug-likeness (QED) is 0.370. The molecule has 0 aliphatic rings. The van der Waals surface area contributed by atoms with Crippen LogP contribution in [0, 0.1) is 0 Å². The van der Waals surface area contributed by atoms with Gasteiger partial charge in [0, 0.05) is 16.7 Å². The predicted molar refractivity (Wildman–Crippen MR) is 93.5 cm³/mol. The lowest BCUT2D eigenvalue weighted by atomic mass is 10.1. The number of hydrogen-bond acceptors (Lipinski definition) is 5. The van der Waals surface area contributed by atoms with E-state index in [1.54, 1.807) is 12.1 Å². The summed E-state index contributed by atoms with van der Waals surface area (Å²) in [4.78, 5) is 35.6. The molecule has 7 heteroatoms. The minimum atomic E-state index is -1.00. The smallest absolute Gasteiger partial charge is 0.339 e. The zero-order valence-corrected chi connectivity index (χ0v) is 13.9. The number of nitrogens with one attached hydrogen (secondary N) is 1. The number of rotatable bonds is 5. The third kappa shape index (κ3) is 4.68. The van der Waals surface area contributed by atoms with Gasteiger partial charge in [-0.2, -0.15) is 0 Å². The number of ketones is 1. The van der Waals surface area contributed by atoms with Gasteiger partial charge in [-0.1, -0.05) is 23.7 Å². The van der Waals surface area contributed by atoms with Gasteiger partial charge in [0.1, 0.15) is 5.76 Å². The van der Waals surface area contributed by atoms with Crippen LogP contribution in [-0.2, 0) is 14.3 Å². The van der Waals surface area contributed by atoms with Crippen LogP contribution in [0.1, 0.15) is 15.9 Å². The number of aliphatic hydroxyl groups is 1. The monoisotopic (exact) mass is 359 g/mol. The lowest BCUT2D eigenvalue weighted by Gasteiger charge is -2.08. The maximum atomic E-state index is 12.0. The zero-order valence-electron chi connectivity index (χ0n) is 13.2. The van der Waals surface area contributed by atoms with Gasteiger partial charge < -0.3 is 15.2 Å². The molecule has 0 aliphatic heterocycles. The van der Waals surface area contributed by atoms with Gasteiger partial charge in [0.2, 0.25) is 5.78 Å². The van der Waals surface area contributed by atoms with Crippen molar-refractivity contribution < 1.29 is 24.2 Å².